The summed E-state index contributed by atoms with van der Waals surface area (Å²) < 4.78 is 16.8. The number of para-hydroxylation sites is 1. The number of ether oxygens (including phenoxy) is 3. The zero-order chi connectivity index (χ0) is 27.5. The van der Waals surface area contributed by atoms with Crippen LogP contribution in [0, 0.1) is 0 Å². The molecular weight excluding hydrogens is 542 g/mol. The molecule has 0 aliphatic heterocycles. The molecule has 1 heterocycles. The molecule has 4 aromatic rings. The average molecular weight is 566 g/mol. The van der Waals surface area contributed by atoms with Gasteiger partial charge in [0.05, 0.1) is 24.8 Å². The Kier molecular flexibility index (Phi) is 9.81. The molecule has 0 bridgehead atoms. The normalized spacial score (nSPS) is 10.7. The Labute approximate surface area is 233 Å². The van der Waals surface area contributed by atoms with Crippen LogP contribution in [-0.4, -0.2) is 48.5 Å². The lowest BCUT2D eigenvalue weighted by Crippen LogP contribution is -2.19. The molecule has 3 aromatic carbocycles. The van der Waals surface area contributed by atoms with E-state index in [9.17, 15) is 9.59 Å². The standard InChI is InChI=1S/C27H24ClN5O5S/c1-36-22-15-18(14-21(28)25(22)38-13-12-37-20-10-6-3-7-11-20)17-29-31-23(34)16-24-32-33-27(39-24)30-26(35)19-8-4-2-5-9-19/h2-11,14-15,17H,12-13,16H2,1H3,(H,31,34)(H,30,33,35). The van der Waals surface area contributed by atoms with Crippen LogP contribution in [-0.2, 0) is 11.2 Å². The third-order valence-electron chi connectivity index (χ3n) is 5.03. The average Bonchev–Trinajstić information content (AvgIpc) is 3.39. The molecular formula is C27H24ClN5O5S. The zero-order valence-electron chi connectivity index (χ0n) is 20.8. The minimum absolute atomic E-state index is 0.0574. The molecule has 0 aliphatic carbocycles. The van der Waals surface area contributed by atoms with E-state index in [-0.39, 0.29) is 18.9 Å². The van der Waals surface area contributed by atoms with E-state index < -0.39 is 5.91 Å². The van der Waals surface area contributed by atoms with Crippen molar-refractivity contribution < 1.29 is 23.8 Å². The Morgan fingerprint density at radius 3 is 2.46 bits per heavy atom. The SMILES string of the molecule is COc1cc(C=NNC(=O)Cc2nnc(NC(=O)c3ccccc3)s2)cc(Cl)c1OCCOc1ccccc1. The molecule has 4 rings (SSSR count). The lowest BCUT2D eigenvalue weighted by molar-refractivity contribution is -0.120. The van der Waals surface area contributed by atoms with Gasteiger partial charge >= 0.3 is 0 Å². The van der Waals surface area contributed by atoms with E-state index in [1.807, 2.05) is 36.4 Å². The van der Waals surface area contributed by atoms with E-state index in [1.54, 1.807) is 36.4 Å². The Balaban J connectivity index is 1.26. The summed E-state index contributed by atoms with van der Waals surface area (Å²) in [5, 5.41) is 15.5. The number of hydrogen-bond acceptors (Lipinski definition) is 9. The first-order chi connectivity index (χ1) is 19.0. The molecule has 0 radical (unpaired) electrons. The zero-order valence-corrected chi connectivity index (χ0v) is 22.4. The highest BCUT2D eigenvalue weighted by molar-refractivity contribution is 7.15. The summed E-state index contributed by atoms with van der Waals surface area (Å²) in [5.74, 6) is 0.824. The van der Waals surface area contributed by atoms with Gasteiger partial charge in [-0.25, -0.2) is 5.43 Å². The summed E-state index contributed by atoms with van der Waals surface area (Å²) in [4.78, 5) is 24.5. The summed E-state index contributed by atoms with van der Waals surface area (Å²) in [6.45, 7) is 0.589. The molecule has 2 amide bonds. The van der Waals surface area contributed by atoms with E-state index in [1.165, 1.54) is 13.3 Å². The number of nitrogens with zero attached hydrogens (tertiary/aromatic N) is 3. The van der Waals surface area contributed by atoms with Crippen molar-refractivity contribution in [2.75, 3.05) is 25.6 Å². The molecule has 0 spiro atoms. The Morgan fingerprint density at radius 1 is 1.00 bits per heavy atom. The van der Waals surface area contributed by atoms with Crippen LogP contribution in [0.1, 0.15) is 20.9 Å². The second kappa shape index (κ2) is 13.9. The lowest BCUT2D eigenvalue weighted by Gasteiger charge is -2.13. The van der Waals surface area contributed by atoms with Crippen LogP contribution in [0.5, 0.6) is 17.2 Å². The predicted octanol–water partition coefficient (Wildman–Crippen LogP) is 4.60. The van der Waals surface area contributed by atoms with Gasteiger partial charge in [-0.15, -0.1) is 10.2 Å². The molecule has 200 valence electrons. The molecule has 0 saturated carbocycles. The fourth-order valence-electron chi connectivity index (χ4n) is 3.26. The number of anilines is 1. The summed E-state index contributed by atoms with van der Waals surface area (Å²) in [6, 6.07) is 21.5. The summed E-state index contributed by atoms with van der Waals surface area (Å²) in [7, 11) is 1.50. The van der Waals surface area contributed by atoms with Gasteiger partial charge in [0, 0.05) is 5.56 Å². The molecule has 0 aliphatic rings. The monoisotopic (exact) mass is 565 g/mol. The Morgan fingerprint density at radius 2 is 1.72 bits per heavy atom. The smallest absolute Gasteiger partial charge is 0.257 e. The van der Waals surface area contributed by atoms with Crippen molar-refractivity contribution in [3.05, 3.63) is 94.0 Å². The summed E-state index contributed by atoms with van der Waals surface area (Å²) >= 11 is 7.50. The number of rotatable bonds is 12. The molecule has 1 aromatic heterocycles. The third-order valence-corrected chi connectivity index (χ3v) is 6.15. The van der Waals surface area contributed by atoms with Crippen LogP contribution in [0.15, 0.2) is 77.9 Å². The van der Waals surface area contributed by atoms with Crippen LogP contribution in [0.25, 0.3) is 0 Å². The highest BCUT2D eigenvalue weighted by atomic mass is 35.5. The Bertz CT molecular complexity index is 1430. The number of hydrazone groups is 1. The lowest BCUT2D eigenvalue weighted by atomic mass is 10.2. The fourth-order valence-corrected chi connectivity index (χ4v) is 4.27. The van der Waals surface area contributed by atoms with Crippen LogP contribution < -0.4 is 25.0 Å². The van der Waals surface area contributed by atoms with Gasteiger partial charge in [-0.3, -0.25) is 14.9 Å². The van der Waals surface area contributed by atoms with Crippen molar-refractivity contribution in [1.82, 2.24) is 15.6 Å². The number of nitrogens with one attached hydrogen (secondary N) is 2. The number of amides is 2. The molecule has 39 heavy (non-hydrogen) atoms. The van der Waals surface area contributed by atoms with Gasteiger partial charge in [-0.1, -0.05) is 59.3 Å². The van der Waals surface area contributed by atoms with Crippen molar-refractivity contribution in [3.63, 3.8) is 0 Å². The number of carbonyl (C=O) groups excluding carboxylic acids is 2. The second-order valence-electron chi connectivity index (χ2n) is 7.84. The predicted molar refractivity (Wildman–Crippen MR) is 149 cm³/mol. The topological polar surface area (TPSA) is 124 Å². The quantitative estimate of drug-likeness (QED) is 0.146. The van der Waals surface area contributed by atoms with Crippen LogP contribution >= 0.6 is 22.9 Å². The molecule has 0 saturated heterocycles. The maximum atomic E-state index is 12.3. The number of benzene rings is 3. The van der Waals surface area contributed by atoms with Gasteiger partial charge in [0.2, 0.25) is 11.0 Å². The van der Waals surface area contributed by atoms with E-state index >= 15 is 0 Å². The first-order valence-corrected chi connectivity index (χ1v) is 12.9. The minimum atomic E-state index is -0.403. The van der Waals surface area contributed by atoms with Crippen molar-refractivity contribution in [2.24, 2.45) is 5.10 Å². The van der Waals surface area contributed by atoms with Crippen LogP contribution in [0.2, 0.25) is 5.02 Å². The first kappa shape index (κ1) is 27.6. The molecule has 12 heteroatoms. The molecule has 10 nitrogen and oxygen atoms in total. The van der Waals surface area contributed by atoms with E-state index in [2.05, 4.69) is 26.0 Å². The van der Waals surface area contributed by atoms with E-state index in [4.69, 9.17) is 25.8 Å². The van der Waals surface area contributed by atoms with E-state index in [0.717, 1.165) is 17.1 Å². The maximum Gasteiger partial charge on any atom is 0.257 e. The second-order valence-corrected chi connectivity index (χ2v) is 9.30. The molecule has 0 fully saturated rings. The van der Waals surface area contributed by atoms with Crippen LogP contribution in [0.3, 0.4) is 0 Å². The fraction of sp³-hybridized carbons (Fsp3) is 0.148. The third kappa shape index (κ3) is 8.25. The van der Waals surface area contributed by atoms with Gasteiger partial charge in [0.25, 0.3) is 5.91 Å². The van der Waals surface area contributed by atoms with Crippen molar-refractivity contribution >= 4 is 46.1 Å². The molecule has 0 unspecified atom stereocenters. The summed E-state index contributed by atoms with van der Waals surface area (Å²) in [5.41, 5.74) is 3.52. The minimum Gasteiger partial charge on any atom is -0.493 e. The van der Waals surface area contributed by atoms with Crippen LogP contribution in [0.4, 0.5) is 5.13 Å². The number of hydrogen-bond donors (Lipinski definition) is 2. The van der Waals surface area contributed by atoms with Gasteiger partial charge in [-0.2, -0.15) is 5.10 Å². The molecule has 2 N–H and O–H groups in total. The highest BCUT2D eigenvalue weighted by Crippen LogP contribution is 2.36. The van der Waals surface area contributed by atoms with Gasteiger partial charge < -0.3 is 14.2 Å². The van der Waals surface area contributed by atoms with Gasteiger partial charge in [0.15, 0.2) is 11.5 Å². The summed E-state index contributed by atoms with van der Waals surface area (Å²) in [6.07, 6.45) is 1.37. The number of carbonyl (C=O) groups is 2. The van der Waals surface area contributed by atoms with Crippen molar-refractivity contribution in [3.8, 4) is 17.2 Å². The number of methoxy groups -OCH3 is 1. The van der Waals surface area contributed by atoms with Crippen molar-refractivity contribution in [2.45, 2.75) is 6.42 Å². The van der Waals surface area contributed by atoms with Gasteiger partial charge in [0.1, 0.15) is 24.0 Å². The number of aromatic nitrogens is 2. The Hall–Kier alpha value is -4.48. The van der Waals surface area contributed by atoms with E-state index in [0.29, 0.717) is 44.4 Å². The highest BCUT2D eigenvalue weighted by Gasteiger charge is 2.14. The first-order valence-electron chi connectivity index (χ1n) is 11.7. The van der Waals surface area contributed by atoms with Gasteiger partial charge in [-0.05, 0) is 42.0 Å². The largest absolute Gasteiger partial charge is 0.493 e. The number of halogens is 1. The van der Waals surface area contributed by atoms with Crippen molar-refractivity contribution in [1.29, 1.82) is 0 Å². The molecule has 0 atom stereocenters. The maximum absolute atomic E-state index is 12.3.